The molecule has 13 heavy (non-hydrogen) atoms. The zero-order chi connectivity index (χ0) is 9.68. The van der Waals surface area contributed by atoms with E-state index in [0.717, 1.165) is 6.54 Å². The van der Waals surface area contributed by atoms with Crippen LogP contribution in [0.3, 0.4) is 0 Å². The van der Waals surface area contributed by atoms with Crippen LogP contribution in [-0.4, -0.2) is 6.54 Å². The molecule has 0 fully saturated rings. The summed E-state index contributed by atoms with van der Waals surface area (Å²) in [6.45, 7) is 2.93. The predicted molar refractivity (Wildman–Crippen MR) is 60.8 cm³/mol. The topological polar surface area (TPSA) is 26.0 Å². The molecule has 1 aromatic rings. The molecule has 0 radical (unpaired) electrons. The van der Waals surface area contributed by atoms with E-state index in [1.54, 1.807) is 0 Å². The number of rotatable bonds is 4. The summed E-state index contributed by atoms with van der Waals surface area (Å²) in [5.74, 6) is 0.501. The van der Waals surface area contributed by atoms with Crippen LogP contribution in [0.4, 0.5) is 0 Å². The first-order valence-corrected chi connectivity index (χ1v) is 5.53. The molecule has 1 unspecified atom stereocenters. The van der Waals surface area contributed by atoms with Crippen LogP contribution in [0.15, 0.2) is 28.7 Å². The molecule has 0 bridgehead atoms. The minimum atomic E-state index is 0.501. The smallest absolute Gasteiger partial charge is 0.0210 e. The van der Waals surface area contributed by atoms with Gasteiger partial charge >= 0.3 is 0 Å². The summed E-state index contributed by atoms with van der Waals surface area (Å²) in [4.78, 5) is 0. The lowest BCUT2D eigenvalue weighted by Crippen LogP contribution is -2.12. The first-order chi connectivity index (χ1) is 6.29. The standard InChI is InChI=1S/C11H16BrN/c1-2-5-9(8-13)10-6-3-4-7-11(10)12/h3-4,6-7,9H,2,5,8,13H2,1H3. The van der Waals surface area contributed by atoms with Gasteiger partial charge in [-0.1, -0.05) is 47.5 Å². The van der Waals surface area contributed by atoms with Crippen molar-refractivity contribution in [3.63, 3.8) is 0 Å². The molecule has 0 amide bonds. The second kappa shape index (κ2) is 5.40. The van der Waals surface area contributed by atoms with Crippen LogP contribution in [-0.2, 0) is 0 Å². The highest BCUT2D eigenvalue weighted by Crippen LogP contribution is 2.27. The Hall–Kier alpha value is -0.340. The molecule has 0 aliphatic rings. The van der Waals surface area contributed by atoms with Crippen molar-refractivity contribution in [3.8, 4) is 0 Å². The van der Waals surface area contributed by atoms with Gasteiger partial charge in [0.05, 0.1) is 0 Å². The number of benzene rings is 1. The molecule has 1 atom stereocenters. The molecular formula is C11H16BrN. The molecule has 72 valence electrons. The first kappa shape index (κ1) is 10.7. The van der Waals surface area contributed by atoms with Crippen molar-refractivity contribution in [2.45, 2.75) is 25.7 Å². The highest BCUT2D eigenvalue weighted by Gasteiger charge is 2.10. The molecule has 1 aromatic carbocycles. The monoisotopic (exact) mass is 241 g/mol. The molecular weight excluding hydrogens is 226 g/mol. The van der Waals surface area contributed by atoms with Gasteiger partial charge in [-0.05, 0) is 30.5 Å². The average Bonchev–Trinajstić information content (AvgIpc) is 2.16. The molecule has 2 heteroatoms. The van der Waals surface area contributed by atoms with E-state index in [0.29, 0.717) is 5.92 Å². The Morgan fingerprint density at radius 3 is 2.62 bits per heavy atom. The predicted octanol–water partition coefficient (Wildman–Crippen LogP) is 3.29. The largest absolute Gasteiger partial charge is 0.330 e. The summed E-state index contributed by atoms with van der Waals surface area (Å²) >= 11 is 3.55. The Morgan fingerprint density at radius 2 is 2.08 bits per heavy atom. The van der Waals surface area contributed by atoms with Crippen molar-refractivity contribution in [2.75, 3.05) is 6.54 Å². The maximum absolute atomic E-state index is 5.74. The van der Waals surface area contributed by atoms with Crippen LogP contribution in [0, 0.1) is 0 Å². The minimum Gasteiger partial charge on any atom is -0.330 e. The molecule has 0 aliphatic carbocycles. The third-order valence-electron chi connectivity index (χ3n) is 2.27. The van der Waals surface area contributed by atoms with Crippen LogP contribution in [0.1, 0.15) is 31.2 Å². The molecule has 1 rings (SSSR count). The number of halogens is 1. The van der Waals surface area contributed by atoms with Gasteiger partial charge in [0.15, 0.2) is 0 Å². The maximum Gasteiger partial charge on any atom is 0.0210 e. The SMILES string of the molecule is CCCC(CN)c1ccccc1Br. The molecule has 0 saturated heterocycles. The average molecular weight is 242 g/mol. The highest BCUT2D eigenvalue weighted by molar-refractivity contribution is 9.10. The van der Waals surface area contributed by atoms with Crippen molar-refractivity contribution >= 4 is 15.9 Å². The highest BCUT2D eigenvalue weighted by atomic mass is 79.9. The Balaban J connectivity index is 2.84. The number of hydrogen-bond acceptors (Lipinski definition) is 1. The van der Waals surface area contributed by atoms with Crippen molar-refractivity contribution < 1.29 is 0 Å². The fraction of sp³-hybridized carbons (Fsp3) is 0.455. The summed E-state index contributed by atoms with van der Waals surface area (Å²) in [7, 11) is 0. The van der Waals surface area contributed by atoms with Gasteiger partial charge in [-0.25, -0.2) is 0 Å². The van der Waals surface area contributed by atoms with E-state index in [1.807, 2.05) is 6.07 Å². The van der Waals surface area contributed by atoms with Gasteiger partial charge in [-0.3, -0.25) is 0 Å². The van der Waals surface area contributed by atoms with Crippen molar-refractivity contribution in [3.05, 3.63) is 34.3 Å². The van der Waals surface area contributed by atoms with E-state index in [2.05, 4.69) is 41.1 Å². The Bertz CT molecular complexity index is 260. The van der Waals surface area contributed by atoms with Gasteiger partial charge in [0, 0.05) is 4.47 Å². The van der Waals surface area contributed by atoms with Crippen LogP contribution in [0.2, 0.25) is 0 Å². The molecule has 0 aromatic heterocycles. The van der Waals surface area contributed by atoms with E-state index in [9.17, 15) is 0 Å². The van der Waals surface area contributed by atoms with Crippen LogP contribution >= 0.6 is 15.9 Å². The maximum atomic E-state index is 5.74. The Kier molecular flexibility index (Phi) is 4.46. The van der Waals surface area contributed by atoms with Gasteiger partial charge in [-0.2, -0.15) is 0 Å². The van der Waals surface area contributed by atoms with E-state index < -0.39 is 0 Å². The van der Waals surface area contributed by atoms with E-state index in [4.69, 9.17) is 5.73 Å². The molecule has 0 aliphatic heterocycles. The lowest BCUT2D eigenvalue weighted by Gasteiger charge is -2.15. The molecule has 0 spiro atoms. The summed E-state index contributed by atoms with van der Waals surface area (Å²) in [6, 6.07) is 8.33. The molecule has 2 N–H and O–H groups in total. The van der Waals surface area contributed by atoms with Gasteiger partial charge in [-0.15, -0.1) is 0 Å². The third-order valence-corrected chi connectivity index (χ3v) is 2.99. The van der Waals surface area contributed by atoms with Crippen LogP contribution < -0.4 is 5.73 Å². The van der Waals surface area contributed by atoms with E-state index in [1.165, 1.54) is 22.9 Å². The summed E-state index contributed by atoms with van der Waals surface area (Å²) in [6.07, 6.45) is 2.35. The van der Waals surface area contributed by atoms with E-state index in [-0.39, 0.29) is 0 Å². The Labute approximate surface area is 88.5 Å². The second-order valence-corrected chi connectivity index (χ2v) is 4.10. The third kappa shape index (κ3) is 2.82. The molecule has 1 nitrogen and oxygen atoms in total. The zero-order valence-corrected chi connectivity index (χ0v) is 9.55. The van der Waals surface area contributed by atoms with Crippen molar-refractivity contribution in [2.24, 2.45) is 5.73 Å². The zero-order valence-electron chi connectivity index (χ0n) is 7.96. The fourth-order valence-electron chi connectivity index (χ4n) is 1.55. The number of nitrogens with two attached hydrogens (primary N) is 1. The molecule has 0 heterocycles. The normalized spacial score (nSPS) is 12.8. The summed E-state index contributed by atoms with van der Waals surface area (Å²) in [5.41, 5.74) is 7.08. The van der Waals surface area contributed by atoms with Gasteiger partial charge < -0.3 is 5.73 Å². The van der Waals surface area contributed by atoms with Crippen molar-refractivity contribution in [1.82, 2.24) is 0 Å². The van der Waals surface area contributed by atoms with E-state index >= 15 is 0 Å². The fourth-order valence-corrected chi connectivity index (χ4v) is 2.16. The first-order valence-electron chi connectivity index (χ1n) is 4.74. The summed E-state index contributed by atoms with van der Waals surface area (Å²) in [5, 5.41) is 0. The quantitative estimate of drug-likeness (QED) is 0.861. The van der Waals surface area contributed by atoms with Crippen molar-refractivity contribution in [1.29, 1.82) is 0 Å². The van der Waals surface area contributed by atoms with Crippen LogP contribution in [0.5, 0.6) is 0 Å². The lowest BCUT2D eigenvalue weighted by atomic mass is 9.95. The van der Waals surface area contributed by atoms with Crippen LogP contribution in [0.25, 0.3) is 0 Å². The second-order valence-electron chi connectivity index (χ2n) is 3.24. The van der Waals surface area contributed by atoms with Gasteiger partial charge in [0.1, 0.15) is 0 Å². The minimum absolute atomic E-state index is 0.501. The lowest BCUT2D eigenvalue weighted by molar-refractivity contribution is 0.620. The van der Waals surface area contributed by atoms with Gasteiger partial charge in [0.25, 0.3) is 0 Å². The number of hydrogen-bond donors (Lipinski definition) is 1. The Morgan fingerprint density at radius 1 is 1.38 bits per heavy atom. The molecule has 0 saturated carbocycles. The summed E-state index contributed by atoms with van der Waals surface area (Å²) < 4.78 is 1.18. The van der Waals surface area contributed by atoms with Gasteiger partial charge in [0.2, 0.25) is 0 Å².